The van der Waals surface area contributed by atoms with Crippen LogP contribution in [0.15, 0.2) is 63.5 Å². The van der Waals surface area contributed by atoms with Gasteiger partial charge in [-0.25, -0.2) is 0 Å². The van der Waals surface area contributed by atoms with Crippen molar-refractivity contribution in [1.29, 1.82) is 0 Å². The number of rotatable bonds is 7. The first-order valence-corrected chi connectivity index (χ1v) is 9.35. The minimum Gasteiger partial charge on any atom is -0.497 e. The number of guanidine groups is 1. The summed E-state index contributed by atoms with van der Waals surface area (Å²) in [6, 6.07) is 14.2. The molecule has 0 saturated carbocycles. The third-order valence-electron chi connectivity index (χ3n) is 3.97. The third-order valence-corrected chi connectivity index (χ3v) is 4.91. The highest BCUT2D eigenvalue weighted by molar-refractivity contribution is 7.10. The Bertz CT molecular complexity index is 823. The van der Waals surface area contributed by atoms with Gasteiger partial charge in [0.2, 0.25) is 0 Å². The third kappa shape index (κ3) is 4.89. The van der Waals surface area contributed by atoms with Gasteiger partial charge in [-0.1, -0.05) is 12.1 Å². The lowest BCUT2D eigenvalue weighted by molar-refractivity contribution is 0.415. The zero-order valence-electron chi connectivity index (χ0n) is 15.0. The predicted octanol–water partition coefficient (Wildman–Crippen LogP) is 3.92. The standard InChI is InChI=1S/C20H23N3O2S/c1-21-20(22-10-9-18-4-3-11-25-18)23-13-19-12-16(14-26-19)15-5-7-17(24-2)8-6-15/h3-8,11-12,14H,9-10,13H2,1-2H3,(H2,21,22,23). The van der Waals surface area contributed by atoms with E-state index in [9.17, 15) is 0 Å². The summed E-state index contributed by atoms with van der Waals surface area (Å²) in [5.74, 6) is 2.63. The summed E-state index contributed by atoms with van der Waals surface area (Å²) in [4.78, 5) is 5.52. The van der Waals surface area contributed by atoms with E-state index in [0.717, 1.165) is 37.0 Å². The lowest BCUT2D eigenvalue weighted by atomic mass is 10.1. The van der Waals surface area contributed by atoms with E-state index in [4.69, 9.17) is 9.15 Å². The maximum atomic E-state index is 5.33. The summed E-state index contributed by atoms with van der Waals surface area (Å²) >= 11 is 1.74. The van der Waals surface area contributed by atoms with Crippen LogP contribution < -0.4 is 15.4 Å². The van der Waals surface area contributed by atoms with E-state index in [1.807, 2.05) is 24.3 Å². The van der Waals surface area contributed by atoms with Gasteiger partial charge in [0.15, 0.2) is 5.96 Å². The first-order chi connectivity index (χ1) is 12.8. The molecule has 0 radical (unpaired) electrons. The van der Waals surface area contributed by atoms with Gasteiger partial charge in [0.05, 0.1) is 19.9 Å². The molecule has 3 aromatic rings. The van der Waals surface area contributed by atoms with Crippen LogP contribution in [0, 0.1) is 0 Å². The van der Waals surface area contributed by atoms with E-state index in [2.05, 4.69) is 39.2 Å². The second kappa shape index (κ2) is 9.10. The molecule has 0 unspecified atom stereocenters. The van der Waals surface area contributed by atoms with Crippen molar-refractivity contribution in [2.24, 2.45) is 4.99 Å². The summed E-state index contributed by atoms with van der Waals surface area (Å²) < 4.78 is 10.5. The number of furan rings is 1. The van der Waals surface area contributed by atoms with Gasteiger partial charge in [0, 0.05) is 24.9 Å². The lowest BCUT2D eigenvalue weighted by Gasteiger charge is -2.10. The molecule has 0 aliphatic heterocycles. The molecule has 0 amide bonds. The van der Waals surface area contributed by atoms with Gasteiger partial charge in [0.1, 0.15) is 11.5 Å². The normalized spacial score (nSPS) is 11.4. The topological polar surface area (TPSA) is 58.8 Å². The van der Waals surface area contributed by atoms with Crippen LogP contribution in [0.1, 0.15) is 10.6 Å². The molecule has 3 rings (SSSR count). The Labute approximate surface area is 157 Å². The average Bonchev–Trinajstić information content (AvgIpc) is 3.36. The van der Waals surface area contributed by atoms with E-state index >= 15 is 0 Å². The van der Waals surface area contributed by atoms with E-state index in [0.29, 0.717) is 0 Å². The minimum atomic E-state index is 0.737. The summed E-state index contributed by atoms with van der Waals surface area (Å²) in [6.07, 6.45) is 2.52. The Morgan fingerprint density at radius 1 is 1.15 bits per heavy atom. The number of methoxy groups -OCH3 is 1. The van der Waals surface area contributed by atoms with E-state index in [1.54, 1.807) is 31.8 Å². The van der Waals surface area contributed by atoms with Gasteiger partial charge in [-0.05, 0) is 46.8 Å². The van der Waals surface area contributed by atoms with Crippen LogP contribution in [0.2, 0.25) is 0 Å². The van der Waals surface area contributed by atoms with E-state index in [-0.39, 0.29) is 0 Å². The highest BCUT2D eigenvalue weighted by atomic mass is 32.1. The second-order valence-corrected chi connectivity index (χ2v) is 6.71. The van der Waals surface area contributed by atoms with Gasteiger partial charge in [-0.15, -0.1) is 11.3 Å². The molecule has 5 nitrogen and oxygen atoms in total. The number of hydrogen-bond acceptors (Lipinski definition) is 4. The van der Waals surface area contributed by atoms with Crippen LogP contribution in [0.3, 0.4) is 0 Å². The number of hydrogen-bond donors (Lipinski definition) is 2. The molecule has 0 spiro atoms. The van der Waals surface area contributed by atoms with Crippen LogP contribution in [-0.4, -0.2) is 26.7 Å². The molecular weight excluding hydrogens is 346 g/mol. The van der Waals surface area contributed by atoms with Gasteiger partial charge >= 0.3 is 0 Å². The van der Waals surface area contributed by atoms with Crippen molar-refractivity contribution in [3.05, 3.63) is 64.7 Å². The fourth-order valence-corrected chi connectivity index (χ4v) is 3.39. The van der Waals surface area contributed by atoms with Crippen LogP contribution in [0.4, 0.5) is 0 Å². The highest BCUT2D eigenvalue weighted by Gasteiger charge is 2.05. The van der Waals surface area contributed by atoms with Crippen molar-refractivity contribution in [3.63, 3.8) is 0 Å². The number of ether oxygens (including phenoxy) is 1. The molecule has 2 aromatic heterocycles. The number of thiophene rings is 1. The van der Waals surface area contributed by atoms with Gasteiger partial charge in [0.25, 0.3) is 0 Å². The van der Waals surface area contributed by atoms with Crippen molar-refractivity contribution in [2.45, 2.75) is 13.0 Å². The zero-order chi connectivity index (χ0) is 18.2. The van der Waals surface area contributed by atoms with Crippen molar-refractivity contribution >= 4 is 17.3 Å². The molecular formula is C20H23N3O2S. The molecule has 0 fully saturated rings. The first kappa shape index (κ1) is 18.1. The number of nitrogens with one attached hydrogen (secondary N) is 2. The van der Waals surface area contributed by atoms with Crippen LogP contribution in [0.25, 0.3) is 11.1 Å². The predicted molar refractivity (Wildman–Crippen MR) is 107 cm³/mol. The fraction of sp³-hybridized carbons (Fsp3) is 0.250. The summed E-state index contributed by atoms with van der Waals surface area (Å²) in [5, 5.41) is 8.82. The Balaban J connectivity index is 1.49. The van der Waals surface area contributed by atoms with Crippen molar-refractivity contribution in [2.75, 3.05) is 20.7 Å². The lowest BCUT2D eigenvalue weighted by Crippen LogP contribution is -2.37. The molecule has 26 heavy (non-hydrogen) atoms. The minimum absolute atomic E-state index is 0.737. The summed E-state index contributed by atoms with van der Waals surface area (Å²) in [5.41, 5.74) is 2.41. The Hall–Kier alpha value is -2.73. The highest BCUT2D eigenvalue weighted by Crippen LogP contribution is 2.27. The van der Waals surface area contributed by atoms with Gasteiger partial charge in [-0.2, -0.15) is 0 Å². The quantitative estimate of drug-likeness (QED) is 0.489. The summed E-state index contributed by atoms with van der Waals surface area (Å²) in [7, 11) is 3.46. The Morgan fingerprint density at radius 3 is 2.69 bits per heavy atom. The maximum absolute atomic E-state index is 5.33. The molecule has 2 heterocycles. The largest absolute Gasteiger partial charge is 0.497 e. The van der Waals surface area contributed by atoms with E-state index < -0.39 is 0 Å². The molecule has 0 saturated heterocycles. The fourth-order valence-electron chi connectivity index (χ4n) is 2.56. The molecule has 2 N–H and O–H groups in total. The number of benzene rings is 1. The van der Waals surface area contributed by atoms with Crippen LogP contribution in [0.5, 0.6) is 5.75 Å². The van der Waals surface area contributed by atoms with Crippen molar-refractivity contribution in [3.8, 4) is 16.9 Å². The molecule has 136 valence electrons. The van der Waals surface area contributed by atoms with E-state index in [1.165, 1.54) is 16.0 Å². The molecule has 0 bridgehead atoms. The molecule has 0 aliphatic carbocycles. The molecule has 1 aromatic carbocycles. The SMILES string of the molecule is CN=C(NCCc1ccco1)NCc1cc(-c2ccc(OC)cc2)cs1. The molecule has 0 atom stereocenters. The van der Waals surface area contributed by atoms with Crippen LogP contribution in [-0.2, 0) is 13.0 Å². The van der Waals surface area contributed by atoms with Crippen molar-refractivity contribution < 1.29 is 9.15 Å². The number of aliphatic imine (C=N–C) groups is 1. The monoisotopic (exact) mass is 369 g/mol. The Kier molecular flexibility index (Phi) is 6.33. The smallest absolute Gasteiger partial charge is 0.191 e. The van der Waals surface area contributed by atoms with Crippen LogP contribution >= 0.6 is 11.3 Å². The average molecular weight is 369 g/mol. The second-order valence-electron chi connectivity index (χ2n) is 5.71. The number of nitrogens with zero attached hydrogens (tertiary/aromatic N) is 1. The van der Waals surface area contributed by atoms with Gasteiger partial charge in [-0.3, -0.25) is 4.99 Å². The molecule has 0 aliphatic rings. The Morgan fingerprint density at radius 2 is 2.00 bits per heavy atom. The zero-order valence-corrected chi connectivity index (χ0v) is 15.8. The molecule has 6 heteroatoms. The summed E-state index contributed by atoms with van der Waals surface area (Å²) in [6.45, 7) is 1.51. The van der Waals surface area contributed by atoms with Gasteiger partial charge < -0.3 is 19.8 Å². The van der Waals surface area contributed by atoms with Crippen molar-refractivity contribution in [1.82, 2.24) is 10.6 Å². The first-order valence-electron chi connectivity index (χ1n) is 8.47. The maximum Gasteiger partial charge on any atom is 0.191 e.